The second-order valence-corrected chi connectivity index (χ2v) is 6.54. The highest BCUT2D eigenvalue weighted by Crippen LogP contribution is 2.25. The summed E-state index contributed by atoms with van der Waals surface area (Å²) in [5, 5.41) is 0.586. The topological polar surface area (TPSA) is 32.3 Å². The highest BCUT2D eigenvalue weighted by Gasteiger charge is 2.25. The normalized spacial score (nSPS) is 22.5. The Morgan fingerprint density at radius 1 is 1.32 bits per heavy atom. The van der Waals surface area contributed by atoms with Crippen LogP contribution in [0.2, 0.25) is 5.15 Å². The van der Waals surface area contributed by atoms with Gasteiger partial charge in [0.05, 0.1) is 15.3 Å². The molecule has 1 aromatic heterocycles. The zero-order valence-corrected chi connectivity index (χ0v) is 14.6. The highest BCUT2D eigenvalue weighted by molar-refractivity contribution is 14.1. The molecule has 0 N–H and O–H groups in total. The molecule has 2 heterocycles. The van der Waals surface area contributed by atoms with E-state index >= 15 is 0 Å². The van der Waals surface area contributed by atoms with Gasteiger partial charge in [0, 0.05) is 6.54 Å². The molecule has 19 heavy (non-hydrogen) atoms. The van der Waals surface area contributed by atoms with E-state index in [1.807, 2.05) is 0 Å². The highest BCUT2D eigenvalue weighted by atomic mass is 127. The van der Waals surface area contributed by atoms with Gasteiger partial charge in [-0.3, -0.25) is 4.90 Å². The minimum absolute atomic E-state index is 0.229. The third kappa shape index (κ3) is 3.56. The van der Waals surface area contributed by atoms with Crippen LogP contribution in [0.25, 0.3) is 0 Å². The van der Waals surface area contributed by atoms with Crippen molar-refractivity contribution < 1.29 is 0 Å². The fourth-order valence-electron chi connectivity index (χ4n) is 2.41. The molecule has 0 amide bonds. The van der Waals surface area contributed by atoms with Crippen LogP contribution in [0.5, 0.6) is 0 Å². The SMILES string of the molecule is CCc1nc(C2CN(C)CCCN2C)nc(Cl)c1I. The van der Waals surface area contributed by atoms with E-state index in [2.05, 4.69) is 58.4 Å². The van der Waals surface area contributed by atoms with E-state index in [1.54, 1.807) is 0 Å². The monoisotopic (exact) mass is 394 g/mol. The number of rotatable bonds is 2. The first kappa shape index (κ1) is 15.4. The van der Waals surface area contributed by atoms with E-state index in [0.717, 1.165) is 41.1 Å². The second kappa shape index (κ2) is 6.65. The maximum absolute atomic E-state index is 6.25. The molecule has 1 aliphatic heterocycles. The first-order chi connectivity index (χ1) is 9.02. The van der Waals surface area contributed by atoms with Crippen molar-refractivity contribution in [1.29, 1.82) is 0 Å². The van der Waals surface area contributed by atoms with Gasteiger partial charge in [0.2, 0.25) is 0 Å². The number of hydrogen-bond donors (Lipinski definition) is 0. The van der Waals surface area contributed by atoms with Crippen molar-refractivity contribution in [1.82, 2.24) is 19.8 Å². The van der Waals surface area contributed by atoms with Gasteiger partial charge < -0.3 is 4.90 Å². The zero-order valence-electron chi connectivity index (χ0n) is 11.7. The van der Waals surface area contributed by atoms with Crippen molar-refractivity contribution in [2.45, 2.75) is 25.8 Å². The third-order valence-corrected chi connectivity index (χ3v) is 5.32. The van der Waals surface area contributed by atoms with Gasteiger partial charge in [0.1, 0.15) is 11.0 Å². The van der Waals surface area contributed by atoms with Crippen LogP contribution in [0, 0.1) is 3.57 Å². The standard InChI is InChI=1S/C13H20ClIN4/c1-4-9-11(15)12(14)17-13(16-9)10-8-18(2)6-5-7-19(10)3/h10H,4-8H2,1-3H3. The van der Waals surface area contributed by atoms with E-state index in [0.29, 0.717) is 5.15 Å². The van der Waals surface area contributed by atoms with E-state index in [9.17, 15) is 0 Å². The molecule has 4 nitrogen and oxygen atoms in total. The maximum atomic E-state index is 6.25. The zero-order chi connectivity index (χ0) is 14.0. The molecule has 0 spiro atoms. The Morgan fingerprint density at radius 2 is 2.05 bits per heavy atom. The first-order valence-corrected chi connectivity index (χ1v) is 8.09. The molecule has 0 radical (unpaired) electrons. The molecule has 1 unspecified atom stereocenters. The first-order valence-electron chi connectivity index (χ1n) is 6.63. The number of hydrogen-bond acceptors (Lipinski definition) is 4. The predicted molar refractivity (Wildman–Crippen MR) is 86.6 cm³/mol. The lowest BCUT2D eigenvalue weighted by atomic mass is 10.2. The van der Waals surface area contributed by atoms with Gasteiger partial charge in [0.15, 0.2) is 0 Å². The number of likely N-dealkylation sites (N-methyl/N-ethyl adjacent to an activating group) is 2. The average molecular weight is 395 g/mol. The summed E-state index contributed by atoms with van der Waals surface area (Å²) in [5.74, 6) is 0.860. The Morgan fingerprint density at radius 3 is 2.74 bits per heavy atom. The van der Waals surface area contributed by atoms with Crippen LogP contribution in [0.1, 0.15) is 30.9 Å². The van der Waals surface area contributed by atoms with Gasteiger partial charge in [-0.15, -0.1) is 0 Å². The van der Waals surface area contributed by atoms with Crippen LogP contribution < -0.4 is 0 Å². The number of nitrogens with zero attached hydrogens (tertiary/aromatic N) is 4. The van der Waals surface area contributed by atoms with Crippen LogP contribution in [0.15, 0.2) is 0 Å². The van der Waals surface area contributed by atoms with Crippen LogP contribution in [0.4, 0.5) is 0 Å². The Bertz CT molecular complexity index is 455. The minimum Gasteiger partial charge on any atom is -0.304 e. The van der Waals surface area contributed by atoms with Gasteiger partial charge in [0.25, 0.3) is 0 Å². The van der Waals surface area contributed by atoms with E-state index in [4.69, 9.17) is 16.6 Å². The van der Waals surface area contributed by atoms with Crippen molar-refractivity contribution >= 4 is 34.2 Å². The van der Waals surface area contributed by atoms with Gasteiger partial charge >= 0.3 is 0 Å². The summed E-state index contributed by atoms with van der Waals surface area (Å²) >= 11 is 8.48. The van der Waals surface area contributed by atoms with E-state index in [1.165, 1.54) is 6.42 Å². The fraction of sp³-hybridized carbons (Fsp3) is 0.692. The summed E-state index contributed by atoms with van der Waals surface area (Å²) < 4.78 is 0.982. The lowest BCUT2D eigenvalue weighted by Crippen LogP contribution is -2.32. The van der Waals surface area contributed by atoms with Crippen molar-refractivity contribution in [3.8, 4) is 0 Å². The molecule has 1 saturated heterocycles. The summed E-state index contributed by atoms with van der Waals surface area (Å²) in [4.78, 5) is 13.9. The molecule has 2 rings (SSSR count). The lowest BCUT2D eigenvalue weighted by Gasteiger charge is -2.26. The Kier molecular flexibility index (Phi) is 5.39. The van der Waals surface area contributed by atoms with Gasteiger partial charge in [-0.2, -0.15) is 0 Å². The third-order valence-electron chi connectivity index (χ3n) is 3.60. The van der Waals surface area contributed by atoms with Crippen LogP contribution in [-0.2, 0) is 6.42 Å². The van der Waals surface area contributed by atoms with E-state index < -0.39 is 0 Å². The Hall–Kier alpha value is 0.0200. The van der Waals surface area contributed by atoms with Crippen LogP contribution >= 0.6 is 34.2 Å². The number of aromatic nitrogens is 2. The van der Waals surface area contributed by atoms with Crippen molar-refractivity contribution in [2.24, 2.45) is 0 Å². The molecule has 1 aromatic rings. The van der Waals surface area contributed by atoms with Gasteiger partial charge in [-0.05, 0) is 62.6 Å². The lowest BCUT2D eigenvalue weighted by molar-refractivity contribution is 0.219. The Balaban J connectivity index is 2.36. The minimum atomic E-state index is 0.229. The molecule has 6 heteroatoms. The van der Waals surface area contributed by atoms with E-state index in [-0.39, 0.29) is 6.04 Å². The molecule has 0 aromatic carbocycles. The smallest absolute Gasteiger partial charge is 0.148 e. The second-order valence-electron chi connectivity index (χ2n) is 5.10. The molecule has 0 bridgehead atoms. The summed E-state index contributed by atoms with van der Waals surface area (Å²) in [6, 6.07) is 0.229. The molecule has 106 valence electrons. The quantitative estimate of drug-likeness (QED) is 0.570. The molecule has 1 atom stereocenters. The molecular weight excluding hydrogens is 375 g/mol. The summed E-state index contributed by atoms with van der Waals surface area (Å²) in [7, 11) is 4.30. The summed E-state index contributed by atoms with van der Waals surface area (Å²) in [6.07, 6.45) is 2.07. The van der Waals surface area contributed by atoms with Crippen molar-refractivity contribution in [2.75, 3.05) is 33.7 Å². The summed E-state index contributed by atoms with van der Waals surface area (Å²) in [5.41, 5.74) is 1.05. The molecule has 0 aliphatic carbocycles. The van der Waals surface area contributed by atoms with Crippen LogP contribution in [0.3, 0.4) is 0 Å². The molecule has 1 aliphatic rings. The van der Waals surface area contributed by atoms with Crippen molar-refractivity contribution in [3.63, 3.8) is 0 Å². The van der Waals surface area contributed by atoms with Gasteiger partial charge in [-0.25, -0.2) is 9.97 Å². The largest absolute Gasteiger partial charge is 0.304 e. The number of aryl methyl sites for hydroxylation is 1. The summed E-state index contributed by atoms with van der Waals surface area (Å²) in [6.45, 7) is 5.26. The number of halogens is 2. The predicted octanol–water partition coefficient (Wildman–Crippen LogP) is 2.61. The Labute approximate surface area is 133 Å². The van der Waals surface area contributed by atoms with Crippen molar-refractivity contribution in [3.05, 3.63) is 20.2 Å². The maximum Gasteiger partial charge on any atom is 0.148 e. The van der Waals surface area contributed by atoms with Gasteiger partial charge in [-0.1, -0.05) is 18.5 Å². The fourth-order valence-corrected chi connectivity index (χ4v) is 3.23. The average Bonchev–Trinajstić information content (AvgIpc) is 2.54. The molecule has 0 saturated carbocycles. The molecule has 1 fully saturated rings. The van der Waals surface area contributed by atoms with Crippen LogP contribution in [-0.4, -0.2) is 53.5 Å². The molecular formula is C13H20ClIN4.